The molecule has 0 fully saturated rings. The van der Waals surface area contributed by atoms with E-state index in [1.807, 2.05) is 27.7 Å². The summed E-state index contributed by atoms with van der Waals surface area (Å²) >= 11 is 5.49. The standard InChI is InChI=1S/C6H4ClNO2.2C2H6/c7-5-1-3-6(4-2-5)8(9)10;2*1-2/h1-4H;2*1-2H3. The molecule has 0 aliphatic rings. The average Bonchev–Trinajstić information content (AvgIpc) is 2.24. The van der Waals surface area contributed by atoms with Crippen LogP contribution in [0.25, 0.3) is 0 Å². The van der Waals surface area contributed by atoms with Gasteiger partial charge in [-0.15, -0.1) is 0 Å². The number of nitro benzene ring substituents is 1. The summed E-state index contributed by atoms with van der Waals surface area (Å²) in [6.45, 7) is 8.00. The third-order valence-corrected chi connectivity index (χ3v) is 1.29. The van der Waals surface area contributed by atoms with Crippen LogP contribution in [0, 0.1) is 10.1 Å². The van der Waals surface area contributed by atoms with E-state index in [0.29, 0.717) is 5.02 Å². The fourth-order valence-corrected chi connectivity index (χ4v) is 0.689. The van der Waals surface area contributed by atoms with E-state index in [9.17, 15) is 10.1 Å². The van der Waals surface area contributed by atoms with Gasteiger partial charge in [-0.2, -0.15) is 0 Å². The van der Waals surface area contributed by atoms with E-state index in [2.05, 4.69) is 0 Å². The van der Waals surface area contributed by atoms with Gasteiger partial charge in [-0.1, -0.05) is 39.3 Å². The van der Waals surface area contributed by atoms with Crippen molar-refractivity contribution in [2.75, 3.05) is 0 Å². The zero-order chi connectivity index (χ0) is 11.6. The fraction of sp³-hybridized carbons (Fsp3) is 0.400. The van der Waals surface area contributed by atoms with Gasteiger partial charge in [-0.3, -0.25) is 10.1 Å². The maximum Gasteiger partial charge on any atom is 0.269 e. The molecule has 0 saturated heterocycles. The fourth-order valence-electron chi connectivity index (χ4n) is 0.563. The molecule has 80 valence electrons. The van der Waals surface area contributed by atoms with Gasteiger partial charge in [0.05, 0.1) is 4.92 Å². The van der Waals surface area contributed by atoms with Crippen molar-refractivity contribution >= 4 is 17.3 Å². The van der Waals surface area contributed by atoms with E-state index >= 15 is 0 Å². The van der Waals surface area contributed by atoms with Crippen LogP contribution in [0.4, 0.5) is 5.69 Å². The highest BCUT2D eigenvalue weighted by atomic mass is 35.5. The van der Waals surface area contributed by atoms with Crippen molar-refractivity contribution in [2.24, 2.45) is 0 Å². The third-order valence-electron chi connectivity index (χ3n) is 1.04. The van der Waals surface area contributed by atoms with Crippen molar-refractivity contribution < 1.29 is 4.92 Å². The second-order valence-corrected chi connectivity index (χ2v) is 2.17. The topological polar surface area (TPSA) is 43.1 Å². The molecular formula is C10H16ClNO2. The summed E-state index contributed by atoms with van der Waals surface area (Å²) in [5.74, 6) is 0. The maximum atomic E-state index is 10.1. The van der Waals surface area contributed by atoms with Crippen LogP contribution in [0.3, 0.4) is 0 Å². The third kappa shape index (κ3) is 6.43. The van der Waals surface area contributed by atoms with Crippen molar-refractivity contribution in [3.63, 3.8) is 0 Å². The molecule has 4 heteroatoms. The van der Waals surface area contributed by atoms with Crippen LogP contribution in [0.2, 0.25) is 5.02 Å². The van der Waals surface area contributed by atoms with Gasteiger partial charge in [0.2, 0.25) is 0 Å². The summed E-state index contributed by atoms with van der Waals surface area (Å²) in [6.07, 6.45) is 0. The first-order valence-electron chi connectivity index (χ1n) is 4.60. The van der Waals surface area contributed by atoms with Crippen molar-refractivity contribution in [1.29, 1.82) is 0 Å². The smallest absolute Gasteiger partial charge is 0.258 e. The first kappa shape index (κ1) is 15.4. The summed E-state index contributed by atoms with van der Waals surface area (Å²) in [7, 11) is 0. The summed E-state index contributed by atoms with van der Waals surface area (Å²) < 4.78 is 0. The van der Waals surface area contributed by atoms with E-state index in [1.54, 1.807) is 0 Å². The minimum absolute atomic E-state index is 0.0596. The van der Waals surface area contributed by atoms with Crippen LogP contribution < -0.4 is 0 Å². The number of benzene rings is 1. The van der Waals surface area contributed by atoms with Crippen LogP contribution in [0.15, 0.2) is 24.3 Å². The van der Waals surface area contributed by atoms with Crippen LogP contribution in [-0.4, -0.2) is 4.92 Å². The Balaban J connectivity index is 0. The SMILES string of the molecule is CC.CC.O=[N+]([O-])c1ccc(Cl)cc1. The van der Waals surface area contributed by atoms with Crippen LogP contribution in [0.5, 0.6) is 0 Å². The molecule has 1 aromatic carbocycles. The molecule has 0 heterocycles. The first-order valence-corrected chi connectivity index (χ1v) is 4.98. The van der Waals surface area contributed by atoms with Gasteiger partial charge in [0.25, 0.3) is 5.69 Å². The van der Waals surface area contributed by atoms with Gasteiger partial charge in [0.15, 0.2) is 0 Å². The second-order valence-electron chi connectivity index (χ2n) is 1.73. The zero-order valence-electron chi connectivity index (χ0n) is 8.95. The molecule has 0 spiro atoms. The van der Waals surface area contributed by atoms with E-state index in [4.69, 9.17) is 11.6 Å². The lowest BCUT2D eigenvalue weighted by atomic mass is 10.3. The van der Waals surface area contributed by atoms with Crippen molar-refractivity contribution in [2.45, 2.75) is 27.7 Å². The first-order chi connectivity index (χ1) is 6.70. The minimum Gasteiger partial charge on any atom is -0.258 e. The van der Waals surface area contributed by atoms with Gasteiger partial charge in [-0.25, -0.2) is 0 Å². The number of nitro groups is 1. The summed E-state index contributed by atoms with van der Waals surface area (Å²) in [5.41, 5.74) is 0.0596. The summed E-state index contributed by atoms with van der Waals surface area (Å²) in [5, 5.41) is 10.6. The number of nitrogens with zero attached hydrogens (tertiary/aromatic N) is 1. The Kier molecular flexibility index (Phi) is 11.0. The van der Waals surface area contributed by atoms with Gasteiger partial charge in [-0.05, 0) is 12.1 Å². The molecule has 0 radical (unpaired) electrons. The lowest BCUT2D eigenvalue weighted by Gasteiger charge is -1.88. The molecule has 0 aromatic heterocycles. The molecule has 0 aliphatic heterocycles. The van der Waals surface area contributed by atoms with Crippen molar-refractivity contribution in [1.82, 2.24) is 0 Å². The predicted octanol–water partition coefficient (Wildman–Crippen LogP) is 4.30. The van der Waals surface area contributed by atoms with Gasteiger partial charge in [0, 0.05) is 17.2 Å². The van der Waals surface area contributed by atoms with Crippen LogP contribution >= 0.6 is 11.6 Å². The maximum absolute atomic E-state index is 10.1. The monoisotopic (exact) mass is 217 g/mol. The lowest BCUT2D eigenvalue weighted by molar-refractivity contribution is -0.384. The van der Waals surface area contributed by atoms with Gasteiger partial charge < -0.3 is 0 Å². The number of halogens is 1. The largest absolute Gasteiger partial charge is 0.269 e. The summed E-state index contributed by atoms with van der Waals surface area (Å²) in [4.78, 5) is 9.61. The molecule has 1 rings (SSSR count). The zero-order valence-corrected chi connectivity index (χ0v) is 9.71. The normalized spacial score (nSPS) is 7.50. The molecule has 3 nitrogen and oxygen atoms in total. The molecule has 1 aromatic rings. The number of rotatable bonds is 1. The Bertz CT molecular complexity index is 247. The molecular weight excluding hydrogens is 202 g/mol. The Morgan fingerprint density at radius 1 is 1.07 bits per heavy atom. The van der Waals surface area contributed by atoms with Gasteiger partial charge >= 0.3 is 0 Å². The Labute approximate surface area is 89.9 Å². The number of hydrogen-bond acceptors (Lipinski definition) is 2. The Morgan fingerprint density at radius 3 is 1.71 bits per heavy atom. The highest BCUT2D eigenvalue weighted by Crippen LogP contribution is 2.14. The molecule has 0 unspecified atom stereocenters. The van der Waals surface area contributed by atoms with Crippen LogP contribution in [0.1, 0.15) is 27.7 Å². The molecule has 0 atom stereocenters. The quantitative estimate of drug-likeness (QED) is 0.520. The molecule has 0 N–H and O–H groups in total. The Morgan fingerprint density at radius 2 is 1.43 bits per heavy atom. The predicted molar refractivity (Wildman–Crippen MR) is 60.8 cm³/mol. The van der Waals surface area contributed by atoms with E-state index in [1.165, 1.54) is 24.3 Å². The molecule has 0 saturated carbocycles. The Hall–Kier alpha value is -1.09. The molecule has 0 aliphatic carbocycles. The van der Waals surface area contributed by atoms with Crippen molar-refractivity contribution in [3.05, 3.63) is 39.4 Å². The van der Waals surface area contributed by atoms with E-state index in [-0.39, 0.29) is 5.69 Å². The summed E-state index contributed by atoms with van der Waals surface area (Å²) in [6, 6.07) is 5.70. The van der Waals surface area contributed by atoms with Gasteiger partial charge in [0.1, 0.15) is 0 Å². The highest BCUT2D eigenvalue weighted by molar-refractivity contribution is 6.30. The van der Waals surface area contributed by atoms with Crippen molar-refractivity contribution in [3.8, 4) is 0 Å². The minimum atomic E-state index is -0.462. The van der Waals surface area contributed by atoms with E-state index < -0.39 is 4.92 Å². The lowest BCUT2D eigenvalue weighted by Crippen LogP contribution is -1.85. The highest BCUT2D eigenvalue weighted by Gasteiger charge is 2.01. The average molecular weight is 218 g/mol. The number of non-ortho nitro benzene ring substituents is 1. The molecule has 0 bridgehead atoms. The number of hydrogen-bond donors (Lipinski definition) is 0. The van der Waals surface area contributed by atoms with Crippen LogP contribution in [-0.2, 0) is 0 Å². The second kappa shape index (κ2) is 9.99. The molecule has 0 amide bonds. The molecule has 14 heavy (non-hydrogen) atoms. The van der Waals surface area contributed by atoms with E-state index in [0.717, 1.165) is 0 Å².